The molecule has 0 aliphatic carbocycles. The Hall–Kier alpha value is -2.30. The fourth-order valence-electron chi connectivity index (χ4n) is 2.93. The molecule has 5 nitrogen and oxygen atoms in total. The van der Waals surface area contributed by atoms with Gasteiger partial charge in [0.25, 0.3) is 5.91 Å². The highest BCUT2D eigenvalue weighted by molar-refractivity contribution is 5.93. The summed E-state index contributed by atoms with van der Waals surface area (Å²) in [5, 5.41) is 4.41. The van der Waals surface area contributed by atoms with Gasteiger partial charge in [-0.25, -0.2) is 0 Å². The molecule has 1 aliphatic heterocycles. The van der Waals surface area contributed by atoms with Crippen LogP contribution in [0.3, 0.4) is 0 Å². The van der Waals surface area contributed by atoms with Crippen LogP contribution in [0.4, 0.5) is 0 Å². The van der Waals surface area contributed by atoms with E-state index in [-0.39, 0.29) is 5.91 Å². The maximum absolute atomic E-state index is 12.5. The van der Waals surface area contributed by atoms with Gasteiger partial charge in [-0.3, -0.25) is 9.48 Å². The number of carbonyl (C=O) groups is 1. The second kappa shape index (κ2) is 5.83. The number of amides is 1. The third-order valence-corrected chi connectivity index (χ3v) is 4.12. The first-order valence-corrected chi connectivity index (χ1v) is 7.58. The summed E-state index contributed by atoms with van der Waals surface area (Å²) in [7, 11) is 3.51. The molecule has 3 rings (SSSR count). The van der Waals surface area contributed by atoms with E-state index in [2.05, 4.69) is 11.2 Å². The zero-order chi connectivity index (χ0) is 15.7. The first-order valence-electron chi connectivity index (χ1n) is 7.58. The number of hydrogen-bond donors (Lipinski definition) is 0. The van der Waals surface area contributed by atoms with Crippen LogP contribution in [0.1, 0.15) is 28.9 Å². The maximum atomic E-state index is 12.5. The van der Waals surface area contributed by atoms with Crippen LogP contribution < -0.4 is 4.74 Å². The minimum atomic E-state index is 0.0194. The van der Waals surface area contributed by atoms with Crippen molar-refractivity contribution in [2.75, 3.05) is 20.2 Å². The first-order chi connectivity index (χ1) is 10.6. The Balaban J connectivity index is 1.99. The molecule has 0 spiro atoms. The quantitative estimate of drug-likeness (QED) is 0.875. The van der Waals surface area contributed by atoms with Crippen LogP contribution in [0.5, 0.6) is 5.75 Å². The number of nitrogens with zero attached hydrogens (tertiary/aromatic N) is 3. The molecule has 5 heteroatoms. The standard InChI is InChI=1S/C17H21N3O2/c1-12-6-7-16(22-3)13(10-12)15-11-14(18-19(15)2)17(21)20-8-4-5-9-20/h6-7,10-11H,4-5,8-9H2,1-3H3. The molecule has 2 aromatic rings. The lowest BCUT2D eigenvalue weighted by Gasteiger charge is -2.12. The fourth-order valence-corrected chi connectivity index (χ4v) is 2.93. The number of aryl methyl sites for hydroxylation is 2. The van der Waals surface area contributed by atoms with Gasteiger partial charge in [-0.1, -0.05) is 11.6 Å². The molecule has 1 saturated heterocycles. The van der Waals surface area contributed by atoms with Gasteiger partial charge in [-0.15, -0.1) is 0 Å². The SMILES string of the molecule is COc1ccc(C)cc1-c1cc(C(=O)N2CCCC2)nn1C. The minimum absolute atomic E-state index is 0.0194. The highest BCUT2D eigenvalue weighted by Crippen LogP contribution is 2.31. The number of rotatable bonds is 3. The molecule has 0 atom stereocenters. The maximum Gasteiger partial charge on any atom is 0.274 e. The van der Waals surface area contributed by atoms with Crippen LogP contribution in [0, 0.1) is 6.92 Å². The predicted molar refractivity (Wildman–Crippen MR) is 85.1 cm³/mol. The van der Waals surface area contributed by atoms with E-state index in [0.717, 1.165) is 48.5 Å². The van der Waals surface area contributed by atoms with Crippen molar-refractivity contribution in [1.29, 1.82) is 0 Å². The van der Waals surface area contributed by atoms with E-state index < -0.39 is 0 Å². The highest BCUT2D eigenvalue weighted by atomic mass is 16.5. The van der Waals surface area contributed by atoms with Crippen molar-refractivity contribution < 1.29 is 9.53 Å². The molecule has 0 N–H and O–H groups in total. The van der Waals surface area contributed by atoms with Crippen molar-refractivity contribution in [3.8, 4) is 17.0 Å². The molecule has 1 aliphatic rings. The lowest BCUT2D eigenvalue weighted by molar-refractivity contribution is 0.0786. The van der Waals surface area contributed by atoms with Crippen molar-refractivity contribution in [2.45, 2.75) is 19.8 Å². The number of hydrogen-bond acceptors (Lipinski definition) is 3. The number of benzene rings is 1. The van der Waals surface area contributed by atoms with Crippen LogP contribution >= 0.6 is 0 Å². The Morgan fingerprint density at radius 2 is 1.95 bits per heavy atom. The summed E-state index contributed by atoms with van der Waals surface area (Å²) >= 11 is 0. The highest BCUT2D eigenvalue weighted by Gasteiger charge is 2.23. The van der Waals surface area contributed by atoms with Crippen molar-refractivity contribution in [2.24, 2.45) is 7.05 Å². The lowest BCUT2D eigenvalue weighted by atomic mass is 10.1. The van der Waals surface area contributed by atoms with E-state index in [1.165, 1.54) is 0 Å². The first kappa shape index (κ1) is 14.6. The minimum Gasteiger partial charge on any atom is -0.496 e. The Morgan fingerprint density at radius 3 is 2.64 bits per heavy atom. The van der Waals surface area contributed by atoms with Gasteiger partial charge in [-0.2, -0.15) is 5.10 Å². The van der Waals surface area contributed by atoms with Crippen LogP contribution in [0.2, 0.25) is 0 Å². The molecule has 22 heavy (non-hydrogen) atoms. The van der Waals surface area contributed by atoms with Gasteiger partial charge < -0.3 is 9.64 Å². The van der Waals surface area contributed by atoms with Gasteiger partial charge in [0.15, 0.2) is 5.69 Å². The van der Waals surface area contributed by atoms with Gasteiger partial charge in [0, 0.05) is 25.7 Å². The average Bonchev–Trinajstić information content (AvgIpc) is 3.16. The number of methoxy groups -OCH3 is 1. The largest absolute Gasteiger partial charge is 0.496 e. The van der Waals surface area contributed by atoms with E-state index in [1.807, 2.05) is 37.1 Å². The topological polar surface area (TPSA) is 47.4 Å². The van der Waals surface area contributed by atoms with Gasteiger partial charge in [0.2, 0.25) is 0 Å². The molecule has 116 valence electrons. The Kier molecular flexibility index (Phi) is 3.88. The molecule has 2 heterocycles. The summed E-state index contributed by atoms with van der Waals surface area (Å²) < 4.78 is 7.19. The van der Waals surface area contributed by atoms with Crippen LogP contribution in [0.25, 0.3) is 11.3 Å². The molecule has 0 radical (unpaired) electrons. The van der Waals surface area contributed by atoms with E-state index in [9.17, 15) is 4.79 Å². The molecule has 1 aromatic carbocycles. The average molecular weight is 299 g/mol. The number of likely N-dealkylation sites (tertiary alicyclic amines) is 1. The molecule has 1 aromatic heterocycles. The van der Waals surface area contributed by atoms with Gasteiger partial charge in [0.1, 0.15) is 5.75 Å². The summed E-state index contributed by atoms with van der Waals surface area (Å²) in [4.78, 5) is 14.4. The summed E-state index contributed by atoms with van der Waals surface area (Å²) in [5.74, 6) is 0.805. The monoisotopic (exact) mass is 299 g/mol. The normalized spacial score (nSPS) is 14.4. The second-order valence-electron chi connectivity index (χ2n) is 5.74. The fraction of sp³-hybridized carbons (Fsp3) is 0.412. The van der Waals surface area contributed by atoms with Crippen molar-refractivity contribution in [1.82, 2.24) is 14.7 Å². The Morgan fingerprint density at radius 1 is 1.23 bits per heavy atom. The summed E-state index contributed by atoms with van der Waals surface area (Å²) in [6.07, 6.45) is 2.16. The van der Waals surface area contributed by atoms with E-state index >= 15 is 0 Å². The predicted octanol–water partition coefficient (Wildman–Crippen LogP) is 2.64. The lowest BCUT2D eigenvalue weighted by Crippen LogP contribution is -2.28. The van der Waals surface area contributed by atoms with Gasteiger partial charge >= 0.3 is 0 Å². The Bertz CT molecular complexity index is 700. The third kappa shape index (κ3) is 2.58. The van der Waals surface area contributed by atoms with Gasteiger partial charge in [0.05, 0.1) is 12.8 Å². The van der Waals surface area contributed by atoms with Crippen molar-refractivity contribution in [3.63, 3.8) is 0 Å². The van der Waals surface area contributed by atoms with Crippen LogP contribution in [-0.2, 0) is 7.05 Å². The second-order valence-corrected chi connectivity index (χ2v) is 5.74. The molecular weight excluding hydrogens is 278 g/mol. The number of carbonyl (C=O) groups excluding carboxylic acids is 1. The summed E-state index contributed by atoms with van der Waals surface area (Å²) in [6, 6.07) is 7.87. The molecule has 0 bridgehead atoms. The third-order valence-electron chi connectivity index (χ3n) is 4.12. The molecule has 0 unspecified atom stereocenters. The van der Waals surface area contributed by atoms with Crippen molar-refractivity contribution in [3.05, 3.63) is 35.5 Å². The molecular formula is C17H21N3O2. The van der Waals surface area contributed by atoms with E-state index in [1.54, 1.807) is 11.8 Å². The van der Waals surface area contributed by atoms with Gasteiger partial charge in [-0.05, 0) is 38.0 Å². The zero-order valence-electron chi connectivity index (χ0n) is 13.3. The summed E-state index contributed by atoms with van der Waals surface area (Å²) in [6.45, 7) is 3.70. The Labute approximate surface area is 130 Å². The van der Waals surface area contributed by atoms with E-state index in [0.29, 0.717) is 5.69 Å². The molecule has 0 saturated carbocycles. The molecule has 1 fully saturated rings. The van der Waals surface area contributed by atoms with Crippen LogP contribution in [0.15, 0.2) is 24.3 Å². The number of aromatic nitrogens is 2. The van der Waals surface area contributed by atoms with E-state index in [4.69, 9.17) is 4.74 Å². The zero-order valence-corrected chi connectivity index (χ0v) is 13.3. The molecule has 1 amide bonds. The smallest absolute Gasteiger partial charge is 0.274 e. The number of ether oxygens (including phenoxy) is 1. The van der Waals surface area contributed by atoms with Crippen LogP contribution in [-0.4, -0.2) is 40.8 Å². The van der Waals surface area contributed by atoms with Crippen molar-refractivity contribution >= 4 is 5.91 Å². The summed E-state index contributed by atoms with van der Waals surface area (Å²) in [5.41, 5.74) is 3.49.